The lowest BCUT2D eigenvalue weighted by molar-refractivity contribution is 0.684. The normalized spacial score (nSPS) is 16.8. The standard InChI is InChI=1S/C9H16O2S2/c1-3-6-12(10)8-5-9-13(11)7-4-2/h3-4,6-7H,5,8-9H2,1-2H3. The van der Waals surface area contributed by atoms with Crippen molar-refractivity contribution in [3.05, 3.63) is 23.0 Å². The molecule has 0 aromatic carbocycles. The van der Waals surface area contributed by atoms with Crippen molar-refractivity contribution < 1.29 is 8.42 Å². The molecule has 0 radical (unpaired) electrons. The van der Waals surface area contributed by atoms with Crippen LogP contribution in [0.15, 0.2) is 23.0 Å². The van der Waals surface area contributed by atoms with Crippen molar-refractivity contribution >= 4 is 21.6 Å². The maximum atomic E-state index is 11.1. The summed E-state index contributed by atoms with van der Waals surface area (Å²) < 4.78 is 22.2. The van der Waals surface area contributed by atoms with E-state index in [0.29, 0.717) is 11.5 Å². The molecule has 13 heavy (non-hydrogen) atoms. The Labute approximate surface area is 85.0 Å². The summed E-state index contributed by atoms with van der Waals surface area (Å²) in [4.78, 5) is 0. The molecule has 0 aliphatic heterocycles. The molecular formula is C9H16O2S2. The molecule has 0 amide bonds. The lowest BCUT2D eigenvalue weighted by Crippen LogP contribution is -2.00. The Morgan fingerprint density at radius 3 is 1.62 bits per heavy atom. The summed E-state index contributed by atoms with van der Waals surface area (Å²) in [5.74, 6) is 1.21. The van der Waals surface area contributed by atoms with Crippen molar-refractivity contribution in [1.82, 2.24) is 0 Å². The van der Waals surface area contributed by atoms with Crippen LogP contribution in [0.5, 0.6) is 0 Å². The molecule has 76 valence electrons. The third kappa shape index (κ3) is 8.12. The van der Waals surface area contributed by atoms with Crippen molar-refractivity contribution in [3.63, 3.8) is 0 Å². The molecule has 2 atom stereocenters. The number of allylic oxidation sites excluding steroid dienone is 2. The van der Waals surface area contributed by atoms with E-state index in [1.54, 1.807) is 23.0 Å². The molecule has 0 spiro atoms. The van der Waals surface area contributed by atoms with E-state index < -0.39 is 21.6 Å². The monoisotopic (exact) mass is 220 g/mol. The highest BCUT2D eigenvalue weighted by molar-refractivity contribution is 7.88. The molecule has 0 heterocycles. The molecule has 0 aromatic rings. The van der Waals surface area contributed by atoms with Crippen LogP contribution in [-0.2, 0) is 21.6 Å². The second-order valence-corrected chi connectivity index (χ2v) is 5.35. The molecule has 0 saturated heterocycles. The first-order valence-electron chi connectivity index (χ1n) is 4.20. The minimum absolute atomic E-state index is 0.605. The zero-order chi connectivity index (χ0) is 10.1. The minimum atomic E-state index is -0.879. The van der Waals surface area contributed by atoms with E-state index in [0.717, 1.165) is 6.42 Å². The summed E-state index contributed by atoms with van der Waals surface area (Å²) in [5, 5.41) is 3.33. The Kier molecular flexibility index (Phi) is 8.24. The van der Waals surface area contributed by atoms with E-state index in [9.17, 15) is 8.42 Å². The van der Waals surface area contributed by atoms with Gasteiger partial charge in [0.15, 0.2) is 0 Å². The van der Waals surface area contributed by atoms with E-state index in [-0.39, 0.29) is 0 Å². The van der Waals surface area contributed by atoms with Gasteiger partial charge in [0.2, 0.25) is 0 Å². The molecular weight excluding hydrogens is 204 g/mol. The summed E-state index contributed by atoms with van der Waals surface area (Å²) in [6, 6.07) is 0. The highest BCUT2D eigenvalue weighted by atomic mass is 32.2. The van der Waals surface area contributed by atoms with E-state index in [1.807, 2.05) is 13.8 Å². The van der Waals surface area contributed by atoms with Gasteiger partial charge in [0.1, 0.15) is 0 Å². The van der Waals surface area contributed by atoms with Crippen LogP contribution in [0.1, 0.15) is 20.3 Å². The fourth-order valence-corrected chi connectivity index (χ4v) is 2.70. The fourth-order valence-electron chi connectivity index (χ4n) is 0.783. The third-order valence-corrected chi connectivity index (χ3v) is 3.80. The van der Waals surface area contributed by atoms with E-state index in [1.165, 1.54) is 0 Å². The maximum absolute atomic E-state index is 11.1. The highest BCUT2D eigenvalue weighted by Gasteiger charge is 1.97. The third-order valence-electron chi connectivity index (χ3n) is 1.27. The fraction of sp³-hybridized carbons (Fsp3) is 0.556. The molecule has 0 aliphatic carbocycles. The lowest BCUT2D eigenvalue weighted by atomic mass is 10.6. The molecule has 0 aliphatic rings. The SMILES string of the molecule is CC=CS(=O)CCCS(=O)C=CC. The summed E-state index contributed by atoms with van der Waals surface area (Å²) in [7, 11) is -1.76. The van der Waals surface area contributed by atoms with Crippen molar-refractivity contribution in [3.8, 4) is 0 Å². The van der Waals surface area contributed by atoms with Crippen LogP contribution in [0.4, 0.5) is 0 Å². The molecule has 2 unspecified atom stereocenters. The smallest absolute Gasteiger partial charge is 0.0452 e. The average molecular weight is 220 g/mol. The van der Waals surface area contributed by atoms with Gasteiger partial charge in [0.05, 0.1) is 0 Å². The van der Waals surface area contributed by atoms with Gasteiger partial charge in [0.25, 0.3) is 0 Å². The van der Waals surface area contributed by atoms with Crippen LogP contribution in [0.25, 0.3) is 0 Å². The molecule has 0 aromatic heterocycles. The minimum Gasteiger partial charge on any atom is -0.255 e. The van der Waals surface area contributed by atoms with Crippen molar-refractivity contribution in [2.24, 2.45) is 0 Å². The molecule has 0 bridgehead atoms. The molecule has 0 rings (SSSR count). The average Bonchev–Trinajstić information content (AvgIpc) is 2.05. The summed E-state index contributed by atoms with van der Waals surface area (Å²) >= 11 is 0. The first-order chi connectivity index (χ1) is 6.20. The molecule has 2 nitrogen and oxygen atoms in total. The van der Waals surface area contributed by atoms with Gasteiger partial charge < -0.3 is 0 Å². The predicted molar refractivity (Wildman–Crippen MR) is 60.3 cm³/mol. The van der Waals surface area contributed by atoms with Gasteiger partial charge in [-0.2, -0.15) is 0 Å². The number of hydrogen-bond donors (Lipinski definition) is 0. The van der Waals surface area contributed by atoms with Crippen LogP contribution in [-0.4, -0.2) is 19.9 Å². The van der Waals surface area contributed by atoms with Gasteiger partial charge in [-0.3, -0.25) is 8.42 Å². The highest BCUT2D eigenvalue weighted by Crippen LogP contribution is 1.94. The van der Waals surface area contributed by atoms with Gasteiger partial charge in [-0.15, -0.1) is 0 Å². The van der Waals surface area contributed by atoms with Crippen molar-refractivity contribution in [2.75, 3.05) is 11.5 Å². The molecule has 0 saturated carbocycles. The van der Waals surface area contributed by atoms with Crippen LogP contribution in [0.3, 0.4) is 0 Å². The Morgan fingerprint density at radius 1 is 0.923 bits per heavy atom. The van der Waals surface area contributed by atoms with Crippen molar-refractivity contribution in [2.45, 2.75) is 20.3 Å². The predicted octanol–water partition coefficient (Wildman–Crippen LogP) is 1.94. The molecule has 0 N–H and O–H groups in total. The van der Waals surface area contributed by atoms with E-state index >= 15 is 0 Å². The Bertz CT molecular complexity index is 208. The zero-order valence-corrected chi connectivity index (χ0v) is 9.70. The van der Waals surface area contributed by atoms with E-state index in [2.05, 4.69) is 0 Å². The number of rotatable bonds is 6. The largest absolute Gasteiger partial charge is 0.255 e. The van der Waals surface area contributed by atoms with E-state index in [4.69, 9.17) is 0 Å². The second kappa shape index (κ2) is 8.38. The van der Waals surface area contributed by atoms with Crippen LogP contribution < -0.4 is 0 Å². The van der Waals surface area contributed by atoms with Crippen molar-refractivity contribution in [1.29, 1.82) is 0 Å². The summed E-state index contributed by atoms with van der Waals surface area (Å²) in [5.41, 5.74) is 0. The van der Waals surface area contributed by atoms with Gasteiger partial charge in [-0.05, 0) is 31.1 Å². The first-order valence-corrected chi connectivity index (χ1v) is 6.97. The Morgan fingerprint density at radius 2 is 1.31 bits per heavy atom. The molecule has 4 heteroatoms. The topological polar surface area (TPSA) is 34.1 Å². The molecule has 0 fully saturated rings. The zero-order valence-electron chi connectivity index (χ0n) is 8.06. The van der Waals surface area contributed by atoms with Crippen LogP contribution >= 0.6 is 0 Å². The van der Waals surface area contributed by atoms with Gasteiger partial charge in [-0.25, -0.2) is 0 Å². The van der Waals surface area contributed by atoms with Gasteiger partial charge in [0, 0.05) is 33.1 Å². The second-order valence-electron chi connectivity index (χ2n) is 2.46. The lowest BCUT2D eigenvalue weighted by Gasteiger charge is -1.95. The summed E-state index contributed by atoms with van der Waals surface area (Å²) in [6.45, 7) is 3.69. The quantitative estimate of drug-likeness (QED) is 0.685. The van der Waals surface area contributed by atoms with Crippen LogP contribution in [0, 0.1) is 0 Å². The van der Waals surface area contributed by atoms with Gasteiger partial charge >= 0.3 is 0 Å². The Balaban J connectivity index is 3.56. The Hall–Kier alpha value is -0.220. The summed E-state index contributed by atoms with van der Waals surface area (Å²) in [6.07, 6.45) is 4.30. The maximum Gasteiger partial charge on any atom is 0.0452 e. The first kappa shape index (κ1) is 12.8. The van der Waals surface area contributed by atoms with Gasteiger partial charge in [-0.1, -0.05) is 12.2 Å². The van der Waals surface area contributed by atoms with Crippen LogP contribution in [0.2, 0.25) is 0 Å². The number of hydrogen-bond acceptors (Lipinski definition) is 2.